The van der Waals surface area contributed by atoms with E-state index in [9.17, 15) is 4.39 Å². The highest BCUT2D eigenvalue weighted by Crippen LogP contribution is 2.18. The Morgan fingerprint density at radius 1 is 1.10 bits per heavy atom. The average molecular weight is 293 g/mol. The number of halogens is 2. The minimum atomic E-state index is -0.386. The number of benzene rings is 2. The number of hydrogen-bond acceptors (Lipinski definition) is 2. The zero-order chi connectivity index (χ0) is 14.5. The van der Waals surface area contributed by atoms with Crippen molar-refractivity contribution in [2.24, 2.45) is 0 Å². The second kappa shape index (κ2) is 6.73. The SMILES string of the molecule is CN(C)Cc1cccc(NCc2ccc(F)c(Cl)c2)c1. The molecule has 0 unspecified atom stereocenters. The molecule has 0 aliphatic heterocycles. The van der Waals surface area contributed by atoms with Gasteiger partial charge in [0.2, 0.25) is 0 Å². The van der Waals surface area contributed by atoms with Crippen LogP contribution < -0.4 is 5.32 Å². The van der Waals surface area contributed by atoms with E-state index in [1.165, 1.54) is 11.6 Å². The van der Waals surface area contributed by atoms with E-state index in [2.05, 4.69) is 22.3 Å². The van der Waals surface area contributed by atoms with E-state index in [-0.39, 0.29) is 10.8 Å². The Morgan fingerprint density at radius 2 is 1.90 bits per heavy atom. The first-order valence-electron chi connectivity index (χ1n) is 6.46. The molecule has 0 amide bonds. The summed E-state index contributed by atoms with van der Waals surface area (Å²) >= 11 is 5.77. The molecule has 2 rings (SSSR count). The van der Waals surface area contributed by atoms with Crippen LogP contribution in [0.25, 0.3) is 0 Å². The highest BCUT2D eigenvalue weighted by atomic mass is 35.5. The first kappa shape index (κ1) is 14.8. The maximum Gasteiger partial charge on any atom is 0.141 e. The largest absolute Gasteiger partial charge is 0.381 e. The zero-order valence-electron chi connectivity index (χ0n) is 11.7. The van der Waals surface area contributed by atoms with Crippen molar-refractivity contribution < 1.29 is 4.39 Å². The van der Waals surface area contributed by atoms with Crippen LogP contribution in [0.1, 0.15) is 11.1 Å². The molecule has 0 saturated carbocycles. The number of hydrogen-bond donors (Lipinski definition) is 1. The predicted octanol–water partition coefficient (Wildman–Crippen LogP) is 4.15. The van der Waals surface area contributed by atoms with E-state index in [1.807, 2.05) is 26.2 Å². The van der Waals surface area contributed by atoms with Crippen molar-refractivity contribution in [3.05, 3.63) is 64.4 Å². The van der Waals surface area contributed by atoms with Gasteiger partial charge in [-0.05, 0) is 49.5 Å². The molecular weight excluding hydrogens is 275 g/mol. The van der Waals surface area contributed by atoms with E-state index >= 15 is 0 Å². The highest BCUT2D eigenvalue weighted by molar-refractivity contribution is 6.30. The third kappa shape index (κ3) is 4.22. The summed E-state index contributed by atoms with van der Waals surface area (Å²) in [7, 11) is 4.08. The summed E-state index contributed by atoms with van der Waals surface area (Å²) in [6.07, 6.45) is 0. The molecule has 4 heteroatoms. The van der Waals surface area contributed by atoms with E-state index < -0.39 is 0 Å². The number of anilines is 1. The van der Waals surface area contributed by atoms with Crippen molar-refractivity contribution in [1.82, 2.24) is 4.90 Å². The summed E-state index contributed by atoms with van der Waals surface area (Å²) in [6.45, 7) is 1.52. The molecule has 20 heavy (non-hydrogen) atoms. The molecule has 0 saturated heterocycles. The van der Waals surface area contributed by atoms with Crippen LogP contribution >= 0.6 is 11.6 Å². The second-order valence-corrected chi connectivity index (χ2v) is 5.45. The lowest BCUT2D eigenvalue weighted by Gasteiger charge is -2.12. The molecule has 0 aliphatic carbocycles. The molecule has 2 aromatic carbocycles. The second-order valence-electron chi connectivity index (χ2n) is 5.04. The van der Waals surface area contributed by atoms with E-state index in [0.717, 1.165) is 17.8 Å². The third-order valence-corrected chi connectivity index (χ3v) is 3.20. The summed E-state index contributed by atoms with van der Waals surface area (Å²) in [4.78, 5) is 2.12. The van der Waals surface area contributed by atoms with Crippen molar-refractivity contribution in [2.75, 3.05) is 19.4 Å². The molecule has 0 atom stereocenters. The minimum absolute atomic E-state index is 0.158. The van der Waals surface area contributed by atoms with Crippen LogP contribution in [0.4, 0.5) is 10.1 Å². The Morgan fingerprint density at radius 3 is 2.60 bits per heavy atom. The maximum absolute atomic E-state index is 13.1. The number of nitrogens with one attached hydrogen (secondary N) is 1. The summed E-state index contributed by atoms with van der Waals surface area (Å²) in [5.41, 5.74) is 3.25. The summed E-state index contributed by atoms with van der Waals surface area (Å²) in [5, 5.41) is 3.48. The molecule has 2 nitrogen and oxygen atoms in total. The summed E-state index contributed by atoms with van der Waals surface area (Å²) < 4.78 is 13.1. The molecule has 0 aromatic heterocycles. The number of rotatable bonds is 5. The van der Waals surface area contributed by atoms with Gasteiger partial charge in [-0.2, -0.15) is 0 Å². The molecule has 0 fully saturated rings. The van der Waals surface area contributed by atoms with Crippen LogP contribution in [-0.4, -0.2) is 19.0 Å². The third-order valence-electron chi connectivity index (χ3n) is 2.91. The van der Waals surface area contributed by atoms with Gasteiger partial charge in [-0.1, -0.05) is 29.8 Å². The molecule has 1 N–H and O–H groups in total. The predicted molar refractivity (Wildman–Crippen MR) is 82.6 cm³/mol. The lowest BCUT2D eigenvalue weighted by Crippen LogP contribution is -2.10. The van der Waals surface area contributed by atoms with Gasteiger partial charge >= 0.3 is 0 Å². The molecule has 2 aromatic rings. The number of nitrogens with zero attached hydrogens (tertiary/aromatic N) is 1. The van der Waals surface area contributed by atoms with Gasteiger partial charge in [-0.3, -0.25) is 0 Å². The summed E-state index contributed by atoms with van der Waals surface area (Å²) in [6, 6.07) is 13.0. The van der Waals surface area contributed by atoms with Crippen LogP contribution in [0.3, 0.4) is 0 Å². The Bertz CT molecular complexity index is 584. The van der Waals surface area contributed by atoms with Gasteiger partial charge in [0.25, 0.3) is 0 Å². The lowest BCUT2D eigenvalue weighted by atomic mass is 10.1. The van der Waals surface area contributed by atoms with Crippen LogP contribution in [0.15, 0.2) is 42.5 Å². The fraction of sp³-hybridized carbons (Fsp3) is 0.250. The summed E-state index contributed by atoms with van der Waals surface area (Å²) in [5.74, 6) is -0.386. The maximum atomic E-state index is 13.1. The minimum Gasteiger partial charge on any atom is -0.381 e. The van der Waals surface area contributed by atoms with Crippen molar-refractivity contribution in [3.8, 4) is 0 Å². The van der Waals surface area contributed by atoms with Gasteiger partial charge in [-0.25, -0.2) is 4.39 Å². The van der Waals surface area contributed by atoms with E-state index in [1.54, 1.807) is 12.1 Å². The average Bonchev–Trinajstić information content (AvgIpc) is 2.40. The Kier molecular flexibility index (Phi) is 4.99. The highest BCUT2D eigenvalue weighted by Gasteiger charge is 2.02. The smallest absolute Gasteiger partial charge is 0.141 e. The van der Waals surface area contributed by atoms with Crippen molar-refractivity contribution in [1.29, 1.82) is 0 Å². The van der Waals surface area contributed by atoms with Crippen molar-refractivity contribution in [2.45, 2.75) is 13.1 Å². The van der Waals surface area contributed by atoms with E-state index in [0.29, 0.717) is 6.54 Å². The Labute approximate surface area is 124 Å². The van der Waals surface area contributed by atoms with E-state index in [4.69, 9.17) is 11.6 Å². The van der Waals surface area contributed by atoms with Crippen molar-refractivity contribution >= 4 is 17.3 Å². The molecule has 0 aliphatic rings. The topological polar surface area (TPSA) is 15.3 Å². The van der Waals surface area contributed by atoms with Crippen LogP contribution in [0, 0.1) is 5.82 Å². The fourth-order valence-corrected chi connectivity index (χ4v) is 2.20. The van der Waals surface area contributed by atoms with Gasteiger partial charge in [0.15, 0.2) is 0 Å². The molecule has 0 spiro atoms. The van der Waals surface area contributed by atoms with Gasteiger partial charge in [-0.15, -0.1) is 0 Å². The first-order valence-corrected chi connectivity index (χ1v) is 6.84. The zero-order valence-corrected chi connectivity index (χ0v) is 12.4. The Hall–Kier alpha value is -1.58. The van der Waals surface area contributed by atoms with Gasteiger partial charge in [0.1, 0.15) is 5.82 Å². The first-order chi connectivity index (χ1) is 9.54. The molecule has 0 bridgehead atoms. The lowest BCUT2D eigenvalue weighted by molar-refractivity contribution is 0.402. The molecule has 106 valence electrons. The quantitative estimate of drug-likeness (QED) is 0.890. The molecule has 0 heterocycles. The fourth-order valence-electron chi connectivity index (χ4n) is 2.00. The van der Waals surface area contributed by atoms with Gasteiger partial charge < -0.3 is 10.2 Å². The van der Waals surface area contributed by atoms with Crippen LogP contribution in [-0.2, 0) is 13.1 Å². The normalized spacial score (nSPS) is 10.8. The van der Waals surface area contributed by atoms with Gasteiger partial charge in [0, 0.05) is 18.8 Å². The van der Waals surface area contributed by atoms with Gasteiger partial charge in [0.05, 0.1) is 5.02 Å². The van der Waals surface area contributed by atoms with Crippen LogP contribution in [0.5, 0.6) is 0 Å². The van der Waals surface area contributed by atoms with Crippen molar-refractivity contribution in [3.63, 3.8) is 0 Å². The standard InChI is InChI=1S/C16H18ClFN2/c1-20(2)11-13-4-3-5-14(8-13)19-10-12-6-7-16(18)15(17)9-12/h3-9,19H,10-11H2,1-2H3. The van der Waals surface area contributed by atoms with Crippen LogP contribution in [0.2, 0.25) is 5.02 Å². The monoisotopic (exact) mass is 292 g/mol. The Balaban J connectivity index is 2.01. The molecule has 0 radical (unpaired) electrons. The molecular formula is C16H18ClFN2.